The number of aromatic hydroxyl groups is 1. The van der Waals surface area contributed by atoms with Gasteiger partial charge in [0.25, 0.3) is 0 Å². The number of amides is 1. The summed E-state index contributed by atoms with van der Waals surface area (Å²) in [5.41, 5.74) is 3.16. The summed E-state index contributed by atoms with van der Waals surface area (Å²) in [6.45, 7) is 8.70. The number of carbonyl (C=O) groups is 1. The predicted octanol–water partition coefficient (Wildman–Crippen LogP) is 2.05. The van der Waals surface area contributed by atoms with E-state index in [4.69, 9.17) is 0 Å². The van der Waals surface area contributed by atoms with E-state index in [0.717, 1.165) is 49.7 Å². The van der Waals surface area contributed by atoms with E-state index >= 15 is 0 Å². The Bertz CT molecular complexity index is 753. The van der Waals surface area contributed by atoms with Gasteiger partial charge < -0.3 is 15.3 Å². The number of anilines is 1. The molecule has 0 bridgehead atoms. The van der Waals surface area contributed by atoms with E-state index in [-0.39, 0.29) is 5.91 Å². The van der Waals surface area contributed by atoms with Gasteiger partial charge in [-0.3, -0.25) is 9.69 Å². The summed E-state index contributed by atoms with van der Waals surface area (Å²) in [6.07, 6.45) is 1.83. The number of hydrogen-bond donors (Lipinski definition) is 2. The van der Waals surface area contributed by atoms with E-state index in [1.54, 1.807) is 6.07 Å². The number of piperazine rings is 1. The first-order valence-corrected chi connectivity index (χ1v) is 8.96. The van der Waals surface area contributed by atoms with Crippen LogP contribution in [0, 0.1) is 6.92 Å². The minimum atomic E-state index is -0.0333. The van der Waals surface area contributed by atoms with Gasteiger partial charge in [-0.25, -0.2) is 4.98 Å². The first-order chi connectivity index (χ1) is 12.5. The average molecular weight is 354 g/mol. The number of benzene rings is 1. The van der Waals surface area contributed by atoms with Crippen LogP contribution in [0.4, 0.5) is 5.82 Å². The van der Waals surface area contributed by atoms with Crippen molar-refractivity contribution in [3.8, 4) is 5.75 Å². The van der Waals surface area contributed by atoms with Crippen LogP contribution in [0.1, 0.15) is 23.6 Å². The van der Waals surface area contributed by atoms with E-state index in [0.29, 0.717) is 12.3 Å². The van der Waals surface area contributed by atoms with Gasteiger partial charge in [0.05, 0.1) is 0 Å². The first-order valence-electron chi connectivity index (χ1n) is 8.96. The Morgan fingerprint density at radius 2 is 1.88 bits per heavy atom. The maximum atomic E-state index is 11.0. The molecule has 0 atom stereocenters. The van der Waals surface area contributed by atoms with Gasteiger partial charge >= 0.3 is 0 Å². The van der Waals surface area contributed by atoms with E-state index < -0.39 is 0 Å². The molecule has 6 heteroatoms. The summed E-state index contributed by atoms with van der Waals surface area (Å²) >= 11 is 0. The Labute approximate surface area is 154 Å². The van der Waals surface area contributed by atoms with Gasteiger partial charge in [0.2, 0.25) is 5.91 Å². The van der Waals surface area contributed by atoms with Crippen molar-refractivity contribution in [1.29, 1.82) is 0 Å². The van der Waals surface area contributed by atoms with E-state index in [1.807, 2.05) is 31.3 Å². The fraction of sp³-hybridized carbons (Fsp3) is 0.400. The number of rotatable bonds is 5. The summed E-state index contributed by atoms with van der Waals surface area (Å²) < 4.78 is 0. The highest BCUT2D eigenvalue weighted by Gasteiger charge is 2.18. The Hall–Kier alpha value is -2.60. The molecule has 26 heavy (non-hydrogen) atoms. The smallest absolute Gasteiger partial charge is 0.217 e. The van der Waals surface area contributed by atoms with Gasteiger partial charge in [0.15, 0.2) is 0 Å². The van der Waals surface area contributed by atoms with Crippen molar-refractivity contribution in [3.63, 3.8) is 0 Å². The molecular weight excluding hydrogens is 328 g/mol. The minimum absolute atomic E-state index is 0.0333. The normalized spacial score (nSPS) is 15.1. The maximum Gasteiger partial charge on any atom is 0.217 e. The zero-order valence-corrected chi connectivity index (χ0v) is 15.4. The molecule has 3 rings (SSSR count). The molecule has 0 saturated carbocycles. The molecule has 2 heterocycles. The minimum Gasteiger partial charge on any atom is -0.508 e. The largest absolute Gasteiger partial charge is 0.508 e. The Balaban J connectivity index is 1.51. The Morgan fingerprint density at radius 1 is 1.15 bits per heavy atom. The van der Waals surface area contributed by atoms with Crippen LogP contribution in [0.15, 0.2) is 36.5 Å². The molecule has 1 aliphatic rings. The number of phenolic OH excluding ortho intramolecular Hbond substituents is 1. The second-order valence-corrected chi connectivity index (χ2v) is 6.82. The van der Waals surface area contributed by atoms with Crippen LogP contribution in [0.25, 0.3) is 0 Å². The quantitative estimate of drug-likeness (QED) is 0.860. The van der Waals surface area contributed by atoms with Crippen LogP contribution in [-0.4, -0.2) is 47.1 Å². The number of nitrogens with zero attached hydrogens (tertiary/aromatic N) is 3. The SMILES string of the molecule is CC(=O)NCc1ccc(N2CCN(Cc3ccc(O)c(C)c3)CC2)nc1. The van der Waals surface area contributed by atoms with Crippen molar-refractivity contribution in [1.82, 2.24) is 15.2 Å². The summed E-state index contributed by atoms with van der Waals surface area (Å²) in [4.78, 5) is 20.2. The van der Waals surface area contributed by atoms with Gasteiger partial charge in [-0.05, 0) is 35.7 Å². The van der Waals surface area contributed by atoms with E-state index in [1.165, 1.54) is 12.5 Å². The van der Waals surface area contributed by atoms with Gasteiger partial charge in [0.1, 0.15) is 11.6 Å². The lowest BCUT2D eigenvalue weighted by Gasteiger charge is -2.35. The maximum absolute atomic E-state index is 11.0. The monoisotopic (exact) mass is 354 g/mol. The van der Waals surface area contributed by atoms with Crippen molar-refractivity contribution in [2.45, 2.75) is 26.9 Å². The molecule has 1 aliphatic heterocycles. The highest BCUT2D eigenvalue weighted by molar-refractivity contribution is 5.72. The lowest BCUT2D eigenvalue weighted by Crippen LogP contribution is -2.46. The summed E-state index contributed by atoms with van der Waals surface area (Å²) in [7, 11) is 0. The van der Waals surface area contributed by atoms with E-state index in [9.17, 15) is 9.90 Å². The van der Waals surface area contributed by atoms with Crippen molar-refractivity contribution < 1.29 is 9.90 Å². The third kappa shape index (κ3) is 4.73. The van der Waals surface area contributed by atoms with Gasteiger partial charge in [-0.2, -0.15) is 0 Å². The molecular formula is C20H26N4O2. The Morgan fingerprint density at radius 3 is 2.50 bits per heavy atom. The molecule has 1 amide bonds. The zero-order chi connectivity index (χ0) is 18.5. The van der Waals surface area contributed by atoms with Gasteiger partial charge in [0, 0.05) is 52.4 Å². The molecule has 1 aromatic heterocycles. The van der Waals surface area contributed by atoms with Crippen molar-refractivity contribution in [2.75, 3.05) is 31.1 Å². The van der Waals surface area contributed by atoms with Gasteiger partial charge in [-0.1, -0.05) is 18.2 Å². The number of pyridine rings is 1. The molecule has 0 spiro atoms. The number of hydrogen-bond acceptors (Lipinski definition) is 5. The highest BCUT2D eigenvalue weighted by Crippen LogP contribution is 2.19. The second kappa shape index (κ2) is 8.19. The third-order valence-electron chi connectivity index (χ3n) is 4.71. The molecule has 0 unspecified atom stereocenters. The fourth-order valence-electron chi connectivity index (χ4n) is 3.14. The molecule has 0 radical (unpaired) electrons. The number of aryl methyl sites for hydroxylation is 1. The first kappa shape index (κ1) is 18.2. The molecule has 2 aromatic rings. The van der Waals surface area contributed by atoms with Crippen LogP contribution >= 0.6 is 0 Å². The third-order valence-corrected chi connectivity index (χ3v) is 4.71. The van der Waals surface area contributed by atoms with Crippen LogP contribution in [-0.2, 0) is 17.9 Å². The standard InChI is InChI=1S/C20H26N4O2/c1-15-11-17(3-5-19(15)26)14-23-7-9-24(10-8-23)20-6-4-18(13-22-20)12-21-16(2)25/h3-6,11,13,26H,7-10,12,14H2,1-2H3,(H,21,25). The second-order valence-electron chi connectivity index (χ2n) is 6.82. The zero-order valence-electron chi connectivity index (χ0n) is 15.4. The average Bonchev–Trinajstić information content (AvgIpc) is 2.64. The molecule has 6 nitrogen and oxygen atoms in total. The van der Waals surface area contributed by atoms with Crippen molar-refractivity contribution >= 4 is 11.7 Å². The van der Waals surface area contributed by atoms with Crippen LogP contribution in [0.2, 0.25) is 0 Å². The molecule has 1 saturated heterocycles. The van der Waals surface area contributed by atoms with Crippen LogP contribution < -0.4 is 10.2 Å². The highest BCUT2D eigenvalue weighted by atomic mass is 16.3. The van der Waals surface area contributed by atoms with Gasteiger partial charge in [-0.15, -0.1) is 0 Å². The van der Waals surface area contributed by atoms with E-state index in [2.05, 4.69) is 26.2 Å². The molecule has 138 valence electrons. The van der Waals surface area contributed by atoms with Crippen LogP contribution in [0.5, 0.6) is 5.75 Å². The predicted molar refractivity (Wildman–Crippen MR) is 102 cm³/mol. The fourth-order valence-corrected chi connectivity index (χ4v) is 3.14. The molecule has 1 fully saturated rings. The van der Waals surface area contributed by atoms with Crippen molar-refractivity contribution in [3.05, 3.63) is 53.2 Å². The summed E-state index contributed by atoms with van der Waals surface area (Å²) in [6, 6.07) is 9.86. The summed E-state index contributed by atoms with van der Waals surface area (Å²) in [5, 5.41) is 12.4. The Kier molecular flexibility index (Phi) is 5.73. The van der Waals surface area contributed by atoms with Crippen molar-refractivity contribution in [2.24, 2.45) is 0 Å². The molecule has 0 aliphatic carbocycles. The molecule has 1 aromatic carbocycles. The lowest BCUT2D eigenvalue weighted by atomic mass is 10.1. The lowest BCUT2D eigenvalue weighted by molar-refractivity contribution is -0.119. The summed E-state index contributed by atoms with van der Waals surface area (Å²) in [5.74, 6) is 1.30. The number of aromatic nitrogens is 1. The topological polar surface area (TPSA) is 68.7 Å². The number of nitrogens with one attached hydrogen (secondary N) is 1. The van der Waals surface area contributed by atoms with Crippen LogP contribution in [0.3, 0.4) is 0 Å². The number of phenols is 1. The number of carbonyl (C=O) groups excluding carboxylic acids is 1. The molecule has 2 N–H and O–H groups in total.